The van der Waals surface area contributed by atoms with Gasteiger partial charge in [-0.3, -0.25) is 0 Å². The first-order valence-corrected chi connectivity index (χ1v) is 6.70. The summed E-state index contributed by atoms with van der Waals surface area (Å²) in [6, 6.07) is 16.8. The molecular formula is C17H19FO. The van der Waals surface area contributed by atoms with Gasteiger partial charge in [-0.1, -0.05) is 42.5 Å². The van der Waals surface area contributed by atoms with Gasteiger partial charge in [0, 0.05) is 12.5 Å². The largest absolute Gasteiger partial charge is 0.396 e. The van der Waals surface area contributed by atoms with Crippen LogP contribution in [0.15, 0.2) is 54.6 Å². The molecule has 100 valence electrons. The smallest absolute Gasteiger partial charge is 0.123 e. The summed E-state index contributed by atoms with van der Waals surface area (Å²) in [5.74, 6) is -0.131. The van der Waals surface area contributed by atoms with E-state index in [9.17, 15) is 9.50 Å². The molecule has 0 aliphatic heterocycles. The molecule has 0 fully saturated rings. The van der Waals surface area contributed by atoms with Crippen molar-refractivity contribution in [3.05, 3.63) is 71.5 Å². The van der Waals surface area contributed by atoms with Crippen molar-refractivity contribution in [2.45, 2.75) is 25.2 Å². The van der Waals surface area contributed by atoms with Gasteiger partial charge in [0.15, 0.2) is 0 Å². The molecule has 0 heterocycles. The molecule has 2 aromatic carbocycles. The standard InChI is InChI=1S/C17H19FO/c18-17-11-9-15(10-12-17)16(13-19)8-4-7-14-5-2-1-3-6-14/h1-3,5-6,9-12,16,19H,4,7-8,13H2. The molecule has 19 heavy (non-hydrogen) atoms. The number of hydrogen-bond acceptors (Lipinski definition) is 1. The van der Waals surface area contributed by atoms with Crippen LogP contribution >= 0.6 is 0 Å². The quantitative estimate of drug-likeness (QED) is 0.832. The van der Waals surface area contributed by atoms with Crippen LogP contribution in [-0.2, 0) is 6.42 Å². The van der Waals surface area contributed by atoms with Crippen LogP contribution in [0.5, 0.6) is 0 Å². The summed E-state index contributed by atoms with van der Waals surface area (Å²) < 4.78 is 12.9. The lowest BCUT2D eigenvalue weighted by molar-refractivity contribution is 0.257. The van der Waals surface area contributed by atoms with Crippen molar-refractivity contribution >= 4 is 0 Å². The normalized spacial score (nSPS) is 12.3. The van der Waals surface area contributed by atoms with E-state index in [0.717, 1.165) is 24.8 Å². The number of hydrogen-bond donors (Lipinski definition) is 1. The van der Waals surface area contributed by atoms with Crippen molar-refractivity contribution in [3.63, 3.8) is 0 Å². The molecule has 0 spiro atoms. The monoisotopic (exact) mass is 258 g/mol. The minimum Gasteiger partial charge on any atom is -0.396 e. The van der Waals surface area contributed by atoms with Gasteiger partial charge in [0.1, 0.15) is 5.82 Å². The fourth-order valence-corrected chi connectivity index (χ4v) is 2.30. The number of aryl methyl sites for hydroxylation is 1. The molecule has 1 nitrogen and oxygen atoms in total. The van der Waals surface area contributed by atoms with Crippen LogP contribution in [0, 0.1) is 5.82 Å². The maximum atomic E-state index is 12.9. The number of halogens is 1. The van der Waals surface area contributed by atoms with Crippen molar-refractivity contribution in [1.29, 1.82) is 0 Å². The van der Waals surface area contributed by atoms with Crippen molar-refractivity contribution in [2.75, 3.05) is 6.61 Å². The Morgan fingerprint density at radius 1 is 0.947 bits per heavy atom. The lowest BCUT2D eigenvalue weighted by Gasteiger charge is -2.14. The van der Waals surface area contributed by atoms with E-state index in [1.165, 1.54) is 17.7 Å². The van der Waals surface area contributed by atoms with E-state index in [4.69, 9.17) is 0 Å². The Morgan fingerprint density at radius 3 is 2.26 bits per heavy atom. The Bertz CT molecular complexity index is 478. The van der Waals surface area contributed by atoms with Crippen molar-refractivity contribution in [2.24, 2.45) is 0 Å². The second-order valence-electron chi connectivity index (χ2n) is 4.81. The van der Waals surface area contributed by atoms with E-state index in [1.54, 1.807) is 12.1 Å². The predicted molar refractivity (Wildman–Crippen MR) is 75.6 cm³/mol. The highest BCUT2D eigenvalue weighted by Crippen LogP contribution is 2.22. The van der Waals surface area contributed by atoms with Gasteiger partial charge in [-0.15, -0.1) is 0 Å². The first-order valence-electron chi connectivity index (χ1n) is 6.70. The maximum Gasteiger partial charge on any atom is 0.123 e. The van der Waals surface area contributed by atoms with Crippen molar-refractivity contribution in [1.82, 2.24) is 0 Å². The molecule has 1 unspecified atom stereocenters. The third kappa shape index (κ3) is 4.18. The van der Waals surface area contributed by atoms with Crippen LogP contribution < -0.4 is 0 Å². The minimum absolute atomic E-state index is 0.101. The highest BCUT2D eigenvalue weighted by atomic mass is 19.1. The highest BCUT2D eigenvalue weighted by molar-refractivity contribution is 5.21. The van der Waals surface area contributed by atoms with Crippen LogP contribution in [-0.4, -0.2) is 11.7 Å². The average molecular weight is 258 g/mol. The molecule has 0 aromatic heterocycles. The molecule has 0 amide bonds. The third-order valence-electron chi connectivity index (χ3n) is 3.42. The zero-order valence-electron chi connectivity index (χ0n) is 10.9. The topological polar surface area (TPSA) is 20.2 Å². The number of aliphatic hydroxyl groups excluding tert-OH is 1. The van der Waals surface area contributed by atoms with Gasteiger partial charge in [0.25, 0.3) is 0 Å². The Hall–Kier alpha value is -1.67. The fraction of sp³-hybridized carbons (Fsp3) is 0.294. The summed E-state index contributed by atoms with van der Waals surface area (Å²) in [5, 5.41) is 9.45. The number of aliphatic hydroxyl groups is 1. The molecule has 0 aliphatic carbocycles. The Morgan fingerprint density at radius 2 is 1.63 bits per heavy atom. The molecule has 0 saturated carbocycles. The Kier molecular flexibility index (Phi) is 5.10. The Balaban J connectivity index is 1.87. The molecule has 0 aliphatic rings. The average Bonchev–Trinajstić information content (AvgIpc) is 2.46. The molecule has 0 bridgehead atoms. The van der Waals surface area contributed by atoms with E-state index in [1.807, 2.05) is 18.2 Å². The van der Waals surface area contributed by atoms with Crippen molar-refractivity contribution in [3.8, 4) is 0 Å². The summed E-state index contributed by atoms with van der Waals surface area (Å²) in [6.07, 6.45) is 2.95. The van der Waals surface area contributed by atoms with Crippen molar-refractivity contribution < 1.29 is 9.50 Å². The van der Waals surface area contributed by atoms with Crippen LogP contribution in [0.25, 0.3) is 0 Å². The zero-order valence-corrected chi connectivity index (χ0v) is 10.9. The molecule has 2 heteroatoms. The summed E-state index contributed by atoms with van der Waals surface area (Å²) in [7, 11) is 0. The van der Waals surface area contributed by atoms with E-state index in [-0.39, 0.29) is 18.3 Å². The summed E-state index contributed by atoms with van der Waals surface area (Å²) >= 11 is 0. The van der Waals surface area contributed by atoms with Crippen LogP contribution in [0.1, 0.15) is 29.9 Å². The van der Waals surface area contributed by atoms with Gasteiger partial charge in [-0.05, 0) is 42.5 Å². The van der Waals surface area contributed by atoms with Gasteiger partial charge < -0.3 is 5.11 Å². The molecule has 0 saturated heterocycles. The Labute approximate surface area is 113 Å². The molecule has 2 aromatic rings. The third-order valence-corrected chi connectivity index (χ3v) is 3.42. The van der Waals surface area contributed by atoms with E-state index in [0.29, 0.717) is 0 Å². The second-order valence-corrected chi connectivity index (χ2v) is 4.81. The first-order chi connectivity index (χ1) is 9.29. The predicted octanol–water partition coefficient (Wildman–Crippen LogP) is 3.92. The SMILES string of the molecule is OCC(CCCc1ccccc1)c1ccc(F)cc1. The van der Waals surface area contributed by atoms with E-state index < -0.39 is 0 Å². The second kappa shape index (κ2) is 7.05. The first kappa shape index (κ1) is 13.8. The highest BCUT2D eigenvalue weighted by Gasteiger charge is 2.10. The van der Waals surface area contributed by atoms with Gasteiger partial charge in [0.2, 0.25) is 0 Å². The summed E-state index contributed by atoms with van der Waals surface area (Å²) in [5.41, 5.74) is 2.33. The van der Waals surface area contributed by atoms with E-state index >= 15 is 0 Å². The maximum absolute atomic E-state index is 12.9. The molecule has 1 N–H and O–H groups in total. The minimum atomic E-state index is -0.232. The van der Waals surface area contributed by atoms with Crippen LogP contribution in [0.4, 0.5) is 4.39 Å². The zero-order chi connectivity index (χ0) is 13.5. The van der Waals surface area contributed by atoms with Gasteiger partial charge >= 0.3 is 0 Å². The lowest BCUT2D eigenvalue weighted by atomic mass is 9.93. The fourth-order valence-electron chi connectivity index (χ4n) is 2.30. The van der Waals surface area contributed by atoms with Gasteiger partial charge in [0.05, 0.1) is 0 Å². The molecular weight excluding hydrogens is 239 g/mol. The number of rotatable bonds is 6. The van der Waals surface area contributed by atoms with Gasteiger partial charge in [-0.25, -0.2) is 4.39 Å². The van der Waals surface area contributed by atoms with Crippen LogP contribution in [0.3, 0.4) is 0 Å². The summed E-state index contributed by atoms with van der Waals surface area (Å²) in [4.78, 5) is 0. The molecule has 0 radical (unpaired) electrons. The number of benzene rings is 2. The summed E-state index contributed by atoms with van der Waals surface area (Å²) in [6.45, 7) is 0.112. The van der Waals surface area contributed by atoms with E-state index in [2.05, 4.69) is 12.1 Å². The molecule has 2 rings (SSSR count). The molecule has 1 atom stereocenters. The van der Waals surface area contributed by atoms with Gasteiger partial charge in [-0.2, -0.15) is 0 Å². The lowest BCUT2D eigenvalue weighted by Crippen LogP contribution is -2.05. The van der Waals surface area contributed by atoms with Crippen LogP contribution in [0.2, 0.25) is 0 Å².